The summed E-state index contributed by atoms with van der Waals surface area (Å²) in [6, 6.07) is 0.819. The third kappa shape index (κ3) is 7.05. The van der Waals surface area contributed by atoms with Crippen LogP contribution in [0.25, 0.3) is 0 Å². The van der Waals surface area contributed by atoms with Crippen LogP contribution in [0, 0.1) is 0 Å². The summed E-state index contributed by atoms with van der Waals surface area (Å²) < 4.78 is 1.11. The summed E-state index contributed by atoms with van der Waals surface area (Å²) in [4.78, 5) is 2.70. The normalized spacial score (nSPS) is 20.5. The van der Waals surface area contributed by atoms with Crippen LogP contribution in [0.15, 0.2) is 0 Å². The fraction of sp³-hybridized carbons (Fsp3) is 1.00. The van der Waals surface area contributed by atoms with Crippen molar-refractivity contribution in [2.75, 3.05) is 40.8 Å². The summed E-state index contributed by atoms with van der Waals surface area (Å²) in [6.07, 6.45) is 9.91. The van der Waals surface area contributed by atoms with E-state index in [9.17, 15) is 0 Å². The van der Waals surface area contributed by atoms with E-state index in [1.54, 1.807) is 0 Å². The first-order chi connectivity index (χ1) is 7.99. The summed E-state index contributed by atoms with van der Waals surface area (Å²) in [5.74, 6) is 0. The largest absolute Gasteiger partial charge is 0.331 e. The maximum Gasteiger partial charge on any atom is 0.0780 e. The van der Waals surface area contributed by atoms with Crippen LogP contribution in [-0.4, -0.2) is 56.2 Å². The zero-order chi connectivity index (χ0) is 12.7. The SMILES string of the molecule is CC(CCCCC[N+](C)(C)C)N1CCCCC1. The van der Waals surface area contributed by atoms with Crippen LogP contribution in [0.5, 0.6) is 0 Å². The van der Waals surface area contributed by atoms with Crippen molar-refractivity contribution in [2.45, 2.75) is 57.9 Å². The van der Waals surface area contributed by atoms with Gasteiger partial charge in [0.2, 0.25) is 0 Å². The third-order valence-electron chi connectivity index (χ3n) is 3.96. The molecule has 1 heterocycles. The van der Waals surface area contributed by atoms with Crippen molar-refractivity contribution in [3.05, 3.63) is 0 Å². The smallest absolute Gasteiger partial charge is 0.0780 e. The lowest BCUT2D eigenvalue weighted by molar-refractivity contribution is -0.870. The number of quaternary nitrogens is 1. The van der Waals surface area contributed by atoms with Crippen LogP contribution >= 0.6 is 0 Å². The van der Waals surface area contributed by atoms with Gasteiger partial charge in [-0.25, -0.2) is 0 Å². The maximum atomic E-state index is 2.70. The minimum atomic E-state index is 0.819. The first-order valence-electron chi connectivity index (χ1n) is 7.53. The molecule has 1 fully saturated rings. The number of unbranched alkanes of at least 4 members (excludes halogenated alkanes) is 2. The highest BCUT2D eigenvalue weighted by Crippen LogP contribution is 2.16. The van der Waals surface area contributed by atoms with E-state index in [0.717, 1.165) is 10.5 Å². The predicted molar refractivity (Wildman–Crippen MR) is 76.3 cm³/mol. The average Bonchev–Trinajstić information content (AvgIpc) is 2.28. The zero-order valence-corrected chi connectivity index (χ0v) is 12.5. The average molecular weight is 241 g/mol. The standard InChI is InChI=1S/C15H33N2/c1-15(16-12-8-6-9-13-16)11-7-5-10-14-17(2,3)4/h15H,5-14H2,1-4H3/q+1. The molecule has 0 radical (unpaired) electrons. The first kappa shape index (κ1) is 15.0. The Balaban J connectivity index is 2.01. The van der Waals surface area contributed by atoms with Gasteiger partial charge in [-0.05, 0) is 52.1 Å². The van der Waals surface area contributed by atoms with E-state index in [1.165, 1.54) is 64.6 Å². The second-order valence-corrected chi connectivity index (χ2v) is 6.81. The Morgan fingerprint density at radius 1 is 0.941 bits per heavy atom. The van der Waals surface area contributed by atoms with Crippen molar-refractivity contribution < 1.29 is 4.48 Å². The Morgan fingerprint density at radius 3 is 2.18 bits per heavy atom. The van der Waals surface area contributed by atoms with E-state index in [2.05, 4.69) is 33.0 Å². The van der Waals surface area contributed by atoms with Gasteiger partial charge in [-0.2, -0.15) is 0 Å². The quantitative estimate of drug-likeness (QED) is 0.489. The van der Waals surface area contributed by atoms with Gasteiger partial charge in [-0.3, -0.25) is 0 Å². The minimum Gasteiger partial charge on any atom is -0.331 e. The van der Waals surface area contributed by atoms with Crippen LogP contribution in [0.4, 0.5) is 0 Å². The molecule has 1 rings (SSSR count). The molecule has 1 aliphatic rings. The van der Waals surface area contributed by atoms with Crippen molar-refractivity contribution >= 4 is 0 Å². The molecule has 0 aromatic heterocycles. The monoisotopic (exact) mass is 241 g/mol. The molecule has 2 heteroatoms. The van der Waals surface area contributed by atoms with Crippen molar-refractivity contribution in [1.29, 1.82) is 0 Å². The van der Waals surface area contributed by atoms with Crippen molar-refractivity contribution in [3.63, 3.8) is 0 Å². The summed E-state index contributed by atoms with van der Waals surface area (Å²) in [7, 11) is 6.86. The van der Waals surface area contributed by atoms with E-state index < -0.39 is 0 Å². The maximum absolute atomic E-state index is 2.70. The van der Waals surface area contributed by atoms with E-state index in [1.807, 2.05) is 0 Å². The second-order valence-electron chi connectivity index (χ2n) is 6.81. The van der Waals surface area contributed by atoms with Gasteiger partial charge >= 0.3 is 0 Å². The Hall–Kier alpha value is -0.0800. The van der Waals surface area contributed by atoms with Gasteiger partial charge in [-0.1, -0.05) is 12.8 Å². The number of rotatable bonds is 7. The number of nitrogens with zero attached hydrogens (tertiary/aromatic N) is 2. The van der Waals surface area contributed by atoms with E-state index >= 15 is 0 Å². The predicted octanol–water partition coefficient (Wildman–Crippen LogP) is 3.13. The zero-order valence-electron chi connectivity index (χ0n) is 12.5. The molecule has 0 spiro atoms. The number of piperidine rings is 1. The lowest BCUT2D eigenvalue weighted by Crippen LogP contribution is -2.37. The molecule has 0 bridgehead atoms. The molecular formula is C15H33N2+. The Morgan fingerprint density at radius 2 is 1.59 bits per heavy atom. The number of likely N-dealkylation sites (tertiary alicyclic amines) is 1. The highest BCUT2D eigenvalue weighted by atomic mass is 15.3. The topological polar surface area (TPSA) is 3.24 Å². The molecular weight excluding hydrogens is 208 g/mol. The molecule has 0 aromatic carbocycles. The molecule has 0 saturated carbocycles. The Labute approximate surface area is 109 Å². The van der Waals surface area contributed by atoms with Crippen molar-refractivity contribution in [2.24, 2.45) is 0 Å². The lowest BCUT2D eigenvalue weighted by atomic mass is 10.0. The van der Waals surface area contributed by atoms with Gasteiger partial charge in [0.05, 0.1) is 27.7 Å². The van der Waals surface area contributed by atoms with Gasteiger partial charge in [-0.15, -0.1) is 0 Å². The van der Waals surface area contributed by atoms with Crippen LogP contribution in [-0.2, 0) is 0 Å². The fourth-order valence-corrected chi connectivity index (χ4v) is 2.74. The molecule has 1 unspecified atom stereocenters. The highest BCUT2D eigenvalue weighted by molar-refractivity contribution is 4.71. The fourth-order valence-electron chi connectivity index (χ4n) is 2.74. The number of hydrogen-bond acceptors (Lipinski definition) is 1. The molecule has 102 valence electrons. The summed E-state index contributed by atoms with van der Waals surface area (Å²) in [5, 5.41) is 0. The van der Waals surface area contributed by atoms with Gasteiger partial charge in [0.1, 0.15) is 0 Å². The molecule has 0 aromatic rings. The second kappa shape index (κ2) is 7.38. The molecule has 1 saturated heterocycles. The summed E-state index contributed by atoms with van der Waals surface area (Å²) in [5.41, 5.74) is 0. The molecule has 17 heavy (non-hydrogen) atoms. The summed E-state index contributed by atoms with van der Waals surface area (Å²) >= 11 is 0. The Bertz CT molecular complexity index is 190. The molecule has 1 atom stereocenters. The molecule has 0 amide bonds. The highest BCUT2D eigenvalue weighted by Gasteiger charge is 2.16. The van der Waals surface area contributed by atoms with Crippen LogP contribution < -0.4 is 0 Å². The van der Waals surface area contributed by atoms with E-state index in [-0.39, 0.29) is 0 Å². The molecule has 1 aliphatic heterocycles. The molecule has 0 aliphatic carbocycles. The minimum absolute atomic E-state index is 0.819. The van der Waals surface area contributed by atoms with Crippen molar-refractivity contribution in [1.82, 2.24) is 4.90 Å². The van der Waals surface area contributed by atoms with Gasteiger partial charge in [0.25, 0.3) is 0 Å². The van der Waals surface area contributed by atoms with Crippen LogP contribution in [0.2, 0.25) is 0 Å². The van der Waals surface area contributed by atoms with Gasteiger partial charge < -0.3 is 9.38 Å². The van der Waals surface area contributed by atoms with Crippen LogP contribution in [0.1, 0.15) is 51.9 Å². The van der Waals surface area contributed by atoms with Gasteiger partial charge in [0, 0.05) is 6.04 Å². The first-order valence-corrected chi connectivity index (χ1v) is 7.53. The van der Waals surface area contributed by atoms with E-state index in [0.29, 0.717) is 0 Å². The van der Waals surface area contributed by atoms with Crippen LogP contribution in [0.3, 0.4) is 0 Å². The van der Waals surface area contributed by atoms with Crippen molar-refractivity contribution in [3.8, 4) is 0 Å². The summed E-state index contributed by atoms with van der Waals surface area (Å²) in [6.45, 7) is 6.43. The van der Waals surface area contributed by atoms with Gasteiger partial charge in [0.15, 0.2) is 0 Å². The number of hydrogen-bond donors (Lipinski definition) is 0. The lowest BCUT2D eigenvalue weighted by Gasteiger charge is -2.32. The third-order valence-corrected chi connectivity index (χ3v) is 3.96. The van der Waals surface area contributed by atoms with E-state index in [4.69, 9.17) is 0 Å². The Kier molecular flexibility index (Phi) is 6.50. The molecule has 2 nitrogen and oxygen atoms in total. The molecule has 0 N–H and O–H groups in total.